The molecule has 7 heteroatoms. The Balaban J connectivity index is 1.42. The van der Waals surface area contributed by atoms with E-state index in [-0.39, 0.29) is 5.69 Å². The van der Waals surface area contributed by atoms with Crippen LogP contribution in [0.5, 0.6) is 0 Å². The molecule has 0 saturated heterocycles. The number of hydrogen-bond donors (Lipinski definition) is 1. The summed E-state index contributed by atoms with van der Waals surface area (Å²) < 4.78 is 3.99. The van der Waals surface area contributed by atoms with Crippen molar-refractivity contribution in [2.24, 2.45) is 0 Å². The predicted molar refractivity (Wildman–Crippen MR) is 129 cm³/mol. The summed E-state index contributed by atoms with van der Waals surface area (Å²) in [6.07, 6.45) is 10.0. The van der Waals surface area contributed by atoms with E-state index >= 15 is 0 Å². The van der Waals surface area contributed by atoms with Gasteiger partial charge in [-0.25, -0.2) is 4.79 Å². The smallest absolute Gasteiger partial charge is 0.296 e. The number of nitrogens with one attached hydrogen (secondary N) is 1. The van der Waals surface area contributed by atoms with Crippen LogP contribution in [0.25, 0.3) is 22.5 Å². The first-order valence-corrected chi connectivity index (χ1v) is 12.0. The average molecular weight is 443 g/mol. The van der Waals surface area contributed by atoms with Crippen LogP contribution in [-0.2, 0) is 13.0 Å². The monoisotopic (exact) mass is 442 g/mol. The van der Waals surface area contributed by atoms with Crippen molar-refractivity contribution in [3.63, 3.8) is 0 Å². The minimum absolute atomic E-state index is 0.136. The number of benzene rings is 2. The average Bonchev–Trinajstić information content (AvgIpc) is 3.50. The van der Waals surface area contributed by atoms with Gasteiger partial charge in [-0.15, -0.1) is 10.2 Å². The highest BCUT2D eigenvalue weighted by molar-refractivity contribution is 5.80. The fourth-order valence-electron chi connectivity index (χ4n) is 4.97. The zero-order valence-corrected chi connectivity index (χ0v) is 19.1. The lowest BCUT2D eigenvalue weighted by molar-refractivity contribution is 0.344. The highest BCUT2D eigenvalue weighted by Crippen LogP contribution is 2.30. The number of imidazole rings is 1. The van der Waals surface area contributed by atoms with Gasteiger partial charge >= 0.3 is 5.69 Å². The van der Waals surface area contributed by atoms with Crippen LogP contribution in [0.4, 0.5) is 0 Å². The predicted octanol–water partition coefficient (Wildman–Crippen LogP) is 5.00. The SMILES string of the molecule is CCCc1cn(C2CCCCC2)c(=O)n1Cc1ccc(-c2ccccc2-c2nn[nH]n2)cc1. The number of nitrogens with zero attached hydrogens (tertiary/aromatic N) is 5. The summed E-state index contributed by atoms with van der Waals surface area (Å²) in [5.74, 6) is 0.578. The van der Waals surface area contributed by atoms with Gasteiger partial charge in [0.1, 0.15) is 0 Å². The highest BCUT2D eigenvalue weighted by Gasteiger charge is 2.20. The number of hydrogen-bond acceptors (Lipinski definition) is 4. The molecule has 0 bridgehead atoms. The number of H-pyrrole nitrogens is 1. The summed E-state index contributed by atoms with van der Waals surface area (Å²) >= 11 is 0. The highest BCUT2D eigenvalue weighted by atomic mass is 16.1. The van der Waals surface area contributed by atoms with E-state index in [4.69, 9.17) is 0 Å². The Morgan fingerprint density at radius 1 is 1.00 bits per heavy atom. The van der Waals surface area contributed by atoms with Gasteiger partial charge in [-0.3, -0.25) is 9.13 Å². The summed E-state index contributed by atoms with van der Waals surface area (Å²) in [6, 6.07) is 16.8. The van der Waals surface area contributed by atoms with Gasteiger partial charge in [0.15, 0.2) is 0 Å². The van der Waals surface area contributed by atoms with Crippen LogP contribution in [0.2, 0.25) is 0 Å². The maximum Gasteiger partial charge on any atom is 0.328 e. The maximum atomic E-state index is 13.3. The largest absolute Gasteiger partial charge is 0.328 e. The van der Waals surface area contributed by atoms with Crippen molar-refractivity contribution in [1.29, 1.82) is 0 Å². The van der Waals surface area contributed by atoms with Crippen LogP contribution >= 0.6 is 0 Å². The van der Waals surface area contributed by atoms with Gasteiger partial charge in [-0.05, 0) is 41.2 Å². The standard InChI is InChI=1S/C26H30N6O/c1-2-8-22-18-32(21-9-4-3-5-10-21)26(33)31(22)17-19-13-15-20(16-14-19)23-11-6-7-12-24(23)25-27-29-30-28-25/h6-7,11-16,18,21H,2-5,8-10,17H2,1H3,(H,27,28,29,30). The molecule has 0 atom stereocenters. The minimum atomic E-state index is 0.136. The molecule has 1 fully saturated rings. The van der Waals surface area contributed by atoms with Crippen LogP contribution in [0, 0.1) is 0 Å². The Hall–Kier alpha value is -3.48. The van der Waals surface area contributed by atoms with E-state index in [0.29, 0.717) is 18.4 Å². The normalized spacial score (nSPS) is 14.6. The van der Waals surface area contributed by atoms with Gasteiger partial charge in [0.05, 0.1) is 6.54 Å². The van der Waals surface area contributed by atoms with Crippen LogP contribution < -0.4 is 5.69 Å². The van der Waals surface area contributed by atoms with Crippen molar-refractivity contribution < 1.29 is 0 Å². The van der Waals surface area contributed by atoms with Gasteiger partial charge in [-0.2, -0.15) is 5.21 Å². The van der Waals surface area contributed by atoms with Crippen LogP contribution in [0.1, 0.15) is 62.7 Å². The molecule has 0 amide bonds. The van der Waals surface area contributed by atoms with Gasteiger partial charge < -0.3 is 0 Å². The maximum absolute atomic E-state index is 13.3. The second-order valence-corrected chi connectivity index (χ2v) is 8.92. The van der Waals surface area contributed by atoms with Crippen molar-refractivity contribution >= 4 is 0 Å². The summed E-state index contributed by atoms with van der Waals surface area (Å²) in [6.45, 7) is 2.77. The zero-order valence-electron chi connectivity index (χ0n) is 19.1. The van der Waals surface area contributed by atoms with Crippen LogP contribution in [-0.4, -0.2) is 29.8 Å². The first-order valence-electron chi connectivity index (χ1n) is 12.0. The molecule has 1 aliphatic rings. The molecule has 7 nitrogen and oxygen atoms in total. The lowest BCUT2D eigenvalue weighted by Crippen LogP contribution is -2.29. The third-order valence-corrected chi connectivity index (χ3v) is 6.68. The van der Waals surface area contributed by atoms with Gasteiger partial charge in [0.25, 0.3) is 0 Å². The molecule has 1 saturated carbocycles. The second kappa shape index (κ2) is 9.57. The summed E-state index contributed by atoms with van der Waals surface area (Å²) in [7, 11) is 0. The van der Waals surface area contributed by atoms with E-state index in [1.165, 1.54) is 19.3 Å². The van der Waals surface area contributed by atoms with Crippen molar-refractivity contribution in [2.45, 2.75) is 64.5 Å². The van der Waals surface area contributed by atoms with Crippen molar-refractivity contribution in [3.8, 4) is 22.5 Å². The van der Waals surface area contributed by atoms with Gasteiger partial charge in [0, 0.05) is 23.5 Å². The second-order valence-electron chi connectivity index (χ2n) is 8.92. The van der Waals surface area contributed by atoms with E-state index in [1.54, 1.807) is 0 Å². The molecular formula is C26H30N6O. The molecule has 2 aromatic heterocycles. The van der Waals surface area contributed by atoms with Crippen molar-refractivity contribution in [1.82, 2.24) is 29.8 Å². The van der Waals surface area contributed by atoms with Crippen LogP contribution in [0.15, 0.2) is 59.5 Å². The molecule has 1 N–H and O–H groups in total. The van der Waals surface area contributed by atoms with E-state index in [2.05, 4.69) is 64.1 Å². The van der Waals surface area contributed by atoms with E-state index in [1.807, 2.05) is 27.3 Å². The Kier molecular flexibility index (Phi) is 6.19. The first kappa shape index (κ1) is 21.4. The molecule has 0 aliphatic heterocycles. The molecule has 4 aromatic rings. The molecule has 0 spiro atoms. The fourth-order valence-corrected chi connectivity index (χ4v) is 4.97. The molecular weight excluding hydrogens is 412 g/mol. The zero-order chi connectivity index (χ0) is 22.6. The van der Waals surface area contributed by atoms with Gasteiger partial charge in [0.2, 0.25) is 5.82 Å². The molecule has 2 aromatic carbocycles. The Labute approximate surface area is 193 Å². The topological polar surface area (TPSA) is 81.4 Å². The fraction of sp³-hybridized carbons (Fsp3) is 0.385. The van der Waals surface area contributed by atoms with Gasteiger partial charge in [-0.1, -0.05) is 81.1 Å². The van der Waals surface area contributed by atoms with E-state index < -0.39 is 0 Å². The molecule has 0 radical (unpaired) electrons. The number of aromatic amines is 1. The Morgan fingerprint density at radius 3 is 2.45 bits per heavy atom. The Bertz CT molecular complexity index is 1250. The number of tetrazole rings is 1. The lowest BCUT2D eigenvalue weighted by atomic mass is 9.95. The van der Waals surface area contributed by atoms with Crippen molar-refractivity contribution in [2.75, 3.05) is 0 Å². The number of aromatic nitrogens is 6. The minimum Gasteiger partial charge on any atom is -0.296 e. The first-order chi connectivity index (χ1) is 16.2. The molecule has 2 heterocycles. The lowest BCUT2D eigenvalue weighted by Gasteiger charge is -2.22. The molecule has 5 rings (SSSR count). The number of rotatable bonds is 7. The number of aryl methyl sites for hydroxylation is 1. The molecule has 0 unspecified atom stereocenters. The quantitative estimate of drug-likeness (QED) is 0.437. The Morgan fingerprint density at radius 2 is 1.76 bits per heavy atom. The third kappa shape index (κ3) is 4.40. The van der Waals surface area contributed by atoms with E-state index in [9.17, 15) is 4.79 Å². The summed E-state index contributed by atoms with van der Waals surface area (Å²) in [5, 5.41) is 14.5. The molecule has 170 valence electrons. The van der Waals surface area contributed by atoms with Crippen molar-refractivity contribution in [3.05, 3.63) is 76.5 Å². The summed E-state index contributed by atoms with van der Waals surface area (Å²) in [5.41, 5.74) is 5.47. The molecule has 1 aliphatic carbocycles. The molecule has 33 heavy (non-hydrogen) atoms. The van der Waals surface area contributed by atoms with Crippen LogP contribution in [0.3, 0.4) is 0 Å². The third-order valence-electron chi connectivity index (χ3n) is 6.68. The van der Waals surface area contributed by atoms with E-state index in [0.717, 1.165) is 53.6 Å². The summed E-state index contributed by atoms with van der Waals surface area (Å²) in [4.78, 5) is 13.3.